The number of carboxylic acids is 1. The van der Waals surface area contributed by atoms with Crippen LogP contribution in [0.2, 0.25) is 0 Å². The molecular formula is C10H14N2O4S. The van der Waals surface area contributed by atoms with Crippen molar-refractivity contribution in [1.82, 2.24) is 0 Å². The third-order valence-corrected chi connectivity index (χ3v) is 3.32. The predicted octanol–water partition coefficient (Wildman–Crippen LogP) is 0.488. The number of benzene rings is 1. The molecule has 0 saturated heterocycles. The van der Waals surface area contributed by atoms with Gasteiger partial charge in [-0.1, -0.05) is 0 Å². The van der Waals surface area contributed by atoms with Gasteiger partial charge in [0.05, 0.1) is 16.1 Å². The molecular weight excluding hydrogens is 244 g/mol. The van der Waals surface area contributed by atoms with E-state index in [4.69, 9.17) is 10.2 Å². The number of rotatable bonds is 4. The lowest BCUT2D eigenvalue weighted by Crippen LogP contribution is -2.20. The molecule has 0 spiro atoms. The van der Waals surface area contributed by atoms with E-state index in [-0.39, 0.29) is 10.5 Å². The van der Waals surface area contributed by atoms with Crippen LogP contribution in [0.3, 0.4) is 0 Å². The third kappa shape index (κ3) is 2.95. The smallest absolute Gasteiger partial charge is 0.337 e. The summed E-state index contributed by atoms with van der Waals surface area (Å²) in [5.74, 6) is -1.19. The zero-order valence-corrected chi connectivity index (χ0v) is 10.4. The Balaban J connectivity index is 3.43. The first-order valence-electron chi connectivity index (χ1n) is 4.88. The van der Waals surface area contributed by atoms with Crippen molar-refractivity contribution in [2.24, 2.45) is 5.14 Å². The highest BCUT2D eigenvalue weighted by molar-refractivity contribution is 7.89. The summed E-state index contributed by atoms with van der Waals surface area (Å²) in [6, 6.07) is 3.80. The summed E-state index contributed by atoms with van der Waals surface area (Å²) in [6.45, 7) is 2.47. The van der Waals surface area contributed by atoms with Gasteiger partial charge in [-0.15, -0.1) is 0 Å². The van der Waals surface area contributed by atoms with Crippen LogP contribution in [-0.2, 0) is 10.0 Å². The van der Waals surface area contributed by atoms with Crippen LogP contribution in [0, 0.1) is 0 Å². The summed E-state index contributed by atoms with van der Waals surface area (Å²) >= 11 is 0. The largest absolute Gasteiger partial charge is 0.478 e. The molecule has 0 aliphatic heterocycles. The lowest BCUT2D eigenvalue weighted by Gasteiger charge is -2.19. The molecule has 0 saturated carbocycles. The van der Waals surface area contributed by atoms with Gasteiger partial charge in [0.1, 0.15) is 0 Å². The molecule has 94 valence electrons. The van der Waals surface area contributed by atoms with Gasteiger partial charge >= 0.3 is 5.97 Å². The van der Waals surface area contributed by atoms with Crippen molar-refractivity contribution in [1.29, 1.82) is 0 Å². The standard InChI is InChI=1S/C10H14N2O4S/c1-3-12(2)9-5-4-7(17(11,15)16)6-8(9)10(13)14/h4-6H,3H2,1-2H3,(H,13,14)(H2,11,15,16). The molecule has 1 aromatic rings. The van der Waals surface area contributed by atoms with Crippen LogP contribution in [0.15, 0.2) is 23.1 Å². The summed E-state index contributed by atoms with van der Waals surface area (Å²) < 4.78 is 22.3. The maximum absolute atomic E-state index is 11.1. The van der Waals surface area contributed by atoms with Gasteiger partial charge in [-0.2, -0.15) is 0 Å². The molecule has 6 nitrogen and oxygen atoms in total. The molecule has 0 atom stereocenters. The molecule has 7 heteroatoms. The Hall–Kier alpha value is -1.60. The normalized spacial score (nSPS) is 11.2. The van der Waals surface area contributed by atoms with Crippen LogP contribution < -0.4 is 10.0 Å². The van der Waals surface area contributed by atoms with Gasteiger partial charge in [0.15, 0.2) is 0 Å². The minimum Gasteiger partial charge on any atom is -0.478 e. The molecule has 0 heterocycles. The SMILES string of the molecule is CCN(C)c1ccc(S(N)(=O)=O)cc1C(=O)O. The zero-order chi connectivity index (χ0) is 13.2. The van der Waals surface area contributed by atoms with Crippen molar-refractivity contribution in [3.63, 3.8) is 0 Å². The van der Waals surface area contributed by atoms with E-state index in [0.29, 0.717) is 12.2 Å². The molecule has 0 aliphatic carbocycles. The van der Waals surface area contributed by atoms with E-state index in [0.717, 1.165) is 6.07 Å². The average molecular weight is 258 g/mol. The molecule has 0 fully saturated rings. The van der Waals surface area contributed by atoms with Gasteiger partial charge in [0, 0.05) is 13.6 Å². The predicted molar refractivity (Wildman–Crippen MR) is 63.7 cm³/mol. The number of anilines is 1. The van der Waals surface area contributed by atoms with E-state index in [1.165, 1.54) is 12.1 Å². The Labute approximate surface area is 99.7 Å². The first-order chi connectivity index (χ1) is 7.77. The number of hydrogen-bond donors (Lipinski definition) is 2. The van der Waals surface area contributed by atoms with Crippen molar-refractivity contribution < 1.29 is 18.3 Å². The number of carboxylic acid groups (broad SMARTS) is 1. The van der Waals surface area contributed by atoms with E-state index in [1.807, 2.05) is 6.92 Å². The van der Waals surface area contributed by atoms with Crippen molar-refractivity contribution in [3.05, 3.63) is 23.8 Å². The van der Waals surface area contributed by atoms with Crippen LogP contribution >= 0.6 is 0 Å². The second-order valence-corrected chi connectivity index (χ2v) is 5.10. The fraction of sp³-hybridized carbons (Fsp3) is 0.300. The number of primary sulfonamides is 1. The summed E-state index contributed by atoms with van der Waals surface area (Å²) in [6.07, 6.45) is 0. The molecule has 1 aromatic carbocycles. The zero-order valence-electron chi connectivity index (χ0n) is 9.54. The lowest BCUT2D eigenvalue weighted by atomic mass is 10.1. The first-order valence-corrected chi connectivity index (χ1v) is 6.43. The van der Waals surface area contributed by atoms with Gasteiger partial charge in [-0.3, -0.25) is 0 Å². The Morgan fingerprint density at radius 2 is 2.06 bits per heavy atom. The molecule has 0 unspecified atom stereocenters. The number of nitrogens with two attached hydrogens (primary N) is 1. The van der Waals surface area contributed by atoms with Gasteiger partial charge in [0.25, 0.3) is 0 Å². The second kappa shape index (κ2) is 4.72. The van der Waals surface area contributed by atoms with Crippen molar-refractivity contribution in [2.45, 2.75) is 11.8 Å². The van der Waals surface area contributed by atoms with Crippen LogP contribution in [0.25, 0.3) is 0 Å². The van der Waals surface area contributed by atoms with E-state index in [1.54, 1.807) is 11.9 Å². The van der Waals surface area contributed by atoms with Crippen molar-refractivity contribution in [3.8, 4) is 0 Å². The van der Waals surface area contributed by atoms with Crippen LogP contribution in [0.1, 0.15) is 17.3 Å². The highest BCUT2D eigenvalue weighted by atomic mass is 32.2. The maximum Gasteiger partial charge on any atom is 0.337 e. The quantitative estimate of drug-likeness (QED) is 0.818. The van der Waals surface area contributed by atoms with Gasteiger partial charge in [0.2, 0.25) is 10.0 Å². The van der Waals surface area contributed by atoms with Gasteiger partial charge in [-0.25, -0.2) is 18.4 Å². The monoisotopic (exact) mass is 258 g/mol. The van der Waals surface area contributed by atoms with E-state index in [9.17, 15) is 13.2 Å². The fourth-order valence-corrected chi connectivity index (χ4v) is 1.91. The number of carbonyl (C=O) groups is 1. The molecule has 0 aliphatic rings. The highest BCUT2D eigenvalue weighted by Gasteiger charge is 2.17. The second-order valence-electron chi connectivity index (χ2n) is 3.54. The average Bonchev–Trinajstić information content (AvgIpc) is 2.25. The lowest BCUT2D eigenvalue weighted by molar-refractivity contribution is 0.0697. The van der Waals surface area contributed by atoms with Crippen LogP contribution in [-0.4, -0.2) is 33.1 Å². The van der Waals surface area contributed by atoms with E-state index >= 15 is 0 Å². The highest BCUT2D eigenvalue weighted by Crippen LogP contribution is 2.22. The topological polar surface area (TPSA) is 101 Å². The maximum atomic E-state index is 11.1. The number of hydrogen-bond acceptors (Lipinski definition) is 4. The van der Waals surface area contributed by atoms with Crippen molar-refractivity contribution in [2.75, 3.05) is 18.5 Å². The Morgan fingerprint density at radius 1 is 1.47 bits per heavy atom. The molecule has 0 amide bonds. The molecule has 17 heavy (non-hydrogen) atoms. The van der Waals surface area contributed by atoms with Gasteiger partial charge < -0.3 is 10.0 Å². The first kappa shape index (κ1) is 13.5. The number of sulfonamides is 1. The van der Waals surface area contributed by atoms with Crippen molar-refractivity contribution >= 4 is 21.7 Å². The van der Waals surface area contributed by atoms with Crippen LogP contribution in [0.4, 0.5) is 5.69 Å². The Morgan fingerprint density at radius 3 is 2.47 bits per heavy atom. The Bertz CT molecular complexity index is 539. The van der Waals surface area contributed by atoms with E-state index in [2.05, 4.69) is 0 Å². The number of nitrogens with zero attached hydrogens (tertiary/aromatic N) is 1. The summed E-state index contributed by atoms with van der Waals surface area (Å²) in [7, 11) is -2.17. The van der Waals surface area contributed by atoms with Gasteiger partial charge in [-0.05, 0) is 25.1 Å². The summed E-state index contributed by atoms with van der Waals surface area (Å²) in [5.41, 5.74) is 0.369. The summed E-state index contributed by atoms with van der Waals surface area (Å²) in [5, 5.41) is 14.0. The third-order valence-electron chi connectivity index (χ3n) is 2.41. The van der Waals surface area contributed by atoms with Crippen LogP contribution in [0.5, 0.6) is 0 Å². The Kier molecular flexibility index (Phi) is 3.74. The van der Waals surface area contributed by atoms with E-state index < -0.39 is 16.0 Å². The molecule has 1 rings (SSSR count). The number of aromatic carboxylic acids is 1. The fourth-order valence-electron chi connectivity index (χ4n) is 1.37. The summed E-state index contributed by atoms with van der Waals surface area (Å²) in [4.78, 5) is 12.6. The molecule has 0 aromatic heterocycles. The molecule has 0 radical (unpaired) electrons. The minimum absolute atomic E-state index is 0.0825. The molecule has 3 N–H and O–H groups in total. The minimum atomic E-state index is -3.89. The molecule has 0 bridgehead atoms.